The van der Waals surface area contributed by atoms with E-state index in [0.29, 0.717) is 18.2 Å². The lowest BCUT2D eigenvalue weighted by Crippen LogP contribution is -2.13. The smallest absolute Gasteiger partial charge is 0.258 e. The molecule has 0 fully saturated rings. The van der Waals surface area contributed by atoms with Crippen molar-refractivity contribution in [3.05, 3.63) is 54.0 Å². The molecule has 5 heteroatoms. The first-order valence-electron chi connectivity index (χ1n) is 5.85. The summed E-state index contributed by atoms with van der Waals surface area (Å²) in [6, 6.07) is 9.09. The molecule has 0 saturated heterocycles. The molecule has 0 aliphatic carbocycles. The van der Waals surface area contributed by atoms with Gasteiger partial charge in [0.05, 0.1) is 24.1 Å². The van der Waals surface area contributed by atoms with E-state index in [4.69, 9.17) is 4.74 Å². The summed E-state index contributed by atoms with van der Waals surface area (Å²) in [5, 5.41) is 2.57. The monoisotopic (exact) mass is 260 g/mol. The van der Waals surface area contributed by atoms with E-state index in [1.807, 2.05) is 6.92 Å². The van der Waals surface area contributed by atoms with Crippen molar-refractivity contribution in [1.29, 1.82) is 0 Å². The van der Waals surface area contributed by atoms with Crippen LogP contribution in [0.4, 0.5) is 10.1 Å². The maximum absolute atomic E-state index is 13.4. The van der Waals surface area contributed by atoms with Gasteiger partial charge in [-0.05, 0) is 25.1 Å². The summed E-state index contributed by atoms with van der Waals surface area (Å²) >= 11 is 0. The molecule has 0 saturated carbocycles. The van der Waals surface area contributed by atoms with Crippen molar-refractivity contribution < 1.29 is 13.9 Å². The summed E-state index contributed by atoms with van der Waals surface area (Å²) < 4.78 is 18.6. The Morgan fingerprint density at radius 2 is 2.11 bits per heavy atom. The van der Waals surface area contributed by atoms with Gasteiger partial charge in [0.25, 0.3) is 5.91 Å². The number of rotatable bonds is 4. The van der Waals surface area contributed by atoms with Gasteiger partial charge in [0, 0.05) is 6.07 Å². The van der Waals surface area contributed by atoms with E-state index in [1.54, 1.807) is 18.2 Å². The predicted molar refractivity (Wildman–Crippen MR) is 69.8 cm³/mol. The van der Waals surface area contributed by atoms with Crippen LogP contribution in [0.25, 0.3) is 0 Å². The SMILES string of the molecule is CCOc1ccc(NC(=O)c2ccccc2F)cn1. The second-order valence-corrected chi connectivity index (χ2v) is 3.75. The highest BCUT2D eigenvalue weighted by molar-refractivity contribution is 6.04. The average molecular weight is 260 g/mol. The molecule has 0 bridgehead atoms. The van der Waals surface area contributed by atoms with Crippen molar-refractivity contribution in [1.82, 2.24) is 4.98 Å². The lowest BCUT2D eigenvalue weighted by molar-refractivity contribution is 0.102. The third-order valence-electron chi connectivity index (χ3n) is 2.40. The zero-order chi connectivity index (χ0) is 13.7. The summed E-state index contributed by atoms with van der Waals surface area (Å²) in [5.74, 6) is -0.589. The van der Waals surface area contributed by atoms with Crippen LogP contribution in [-0.2, 0) is 0 Å². The van der Waals surface area contributed by atoms with E-state index in [2.05, 4.69) is 10.3 Å². The number of aromatic nitrogens is 1. The van der Waals surface area contributed by atoms with Crippen molar-refractivity contribution in [3.63, 3.8) is 0 Å². The molecule has 0 spiro atoms. The van der Waals surface area contributed by atoms with Gasteiger partial charge in [-0.25, -0.2) is 9.37 Å². The van der Waals surface area contributed by atoms with Crippen LogP contribution in [0.5, 0.6) is 5.88 Å². The molecule has 1 aromatic carbocycles. The molecule has 98 valence electrons. The van der Waals surface area contributed by atoms with E-state index in [1.165, 1.54) is 24.4 Å². The van der Waals surface area contributed by atoms with Gasteiger partial charge in [0.1, 0.15) is 5.82 Å². The molecular weight excluding hydrogens is 247 g/mol. The van der Waals surface area contributed by atoms with Gasteiger partial charge in [0.15, 0.2) is 0 Å². The second kappa shape index (κ2) is 5.95. The molecule has 0 atom stereocenters. The molecule has 0 aliphatic rings. The van der Waals surface area contributed by atoms with Crippen LogP contribution in [-0.4, -0.2) is 17.5 Å². The molecule has 4 nitrogen and oxygen atoms in total. The molecular formula is C14H13FN2O2. The number of hydrogen-bond donors (Lipinski definition) is 1. The zero-order valence-electron chi connectivity index (χ0n) is 10.4. The van der Waals surface area contributed by atoms with Crippen LogP contribution in [0, 0.1) is 5.82 Å². The molecule has 1 aromatic heterocycles. The number of anilines is 1. The summed E-state index contributed by atoms with van der Waals surface area (Å²) in [4.78, 5) is 15.8. The lowest BCUT2D eigenvalue weighted by atomic mass is 10.2. The summed E-state index contributed by atoms with van der Waals surface area (Å²) in [6.07, 6.45) is 1.46. The predicted octanol–water partition coefficient (Wildman–Crippen LogP) is 2.87. The normalized spacial score (nSPS) is 10.0. The number of pyridine rings is 1. The van der Waals surface area contributed by atoms with E-state index < -0.39 is 11.7 Å². The highest BCUT2D eigenvalue weighted by atomic mass is 19.1. The molecule has 0 radical (unpaired) electrons. The van der Waals surface area contributed by atoms with Crippen LogP contribution >= 0.6 is 0 Å². The number of carbonyl (C=O) groups is 1. The summed E-state index contributed by atoms with van der Waals surface area (Å²) in [7, 11) is 0. The summed E-state index contributed by atoms with van der Waals surface area (Å²) in [6.45, 7) is 2.38. The molecule has 1 heterocycles. The molecule has 1 N–H and O–H groups in total. The van der Waals surface area contributed by atoms with Gasteiger partial charge in [0.2, 0.25) is 5.88 Å². The van der Waals surface area contributed by atoms with Gasteiger partial charge in [-0.3, -0.25) is 4.79 Å². The standard InChI is InChI=1S/C14H13FN2O2/c1-2-19-13-8-7-10(9-16-13)17-14(18)11-5-3-4-6-12(11)15/h3-9H,2H2,1H3,(H,17,18). The van der Waals surface area contributed by atoms with Crippen molar-refractivity contribution >= 4 is 11.6 Å². The molecule has 2 rings (SSSR count). The largest absolute Gasteiger partial charge is 0.478 e. The van der Waals surface area contributed by atoms with Crippen molar-refractivity contribution in [3.8, 4) is 5.88 Å². The molecule has 0 aliphatic heterocycles. The van der Waals surface area contributed by atoms with Gasteiger partial charge in [-0.15, -0.1) is 0 Å². The minimum Gasteiger partial charge on any atom is -0.478 e. The fourth-order valence-corrected chi connectivity index (χ4v) is 1.53. The van der Waals surface area contributed by atoms with Crippen LogP contribution < -0.4 is 10.1 Å². The van der Waals surface area contributed by atoms with E-state index >= 15 is 0 Å². The third kappa shape index (κ3) is 3.28. The minimum atomic E-state index is -0.557. The fourth-order valence-electron chi connectivity index (χ4n) is 1.53. The zero-order valence-corrected chi connectivity index (χ0v) is 10.4. The Morgan fingerprint density at radius 1 is 1.32 bits per heavy atom. The molecule has 19 heavy (non-hydrogen) atoms. The number of ether oxygens (including phenoxy) is 1. The Hall–Kier alpha value is -2.43. The highest BCUT2D eigenvalue weighted by Gasteiger charge is 2.10. The number of carbonyl (C=O) groups excluding carboxylic acids is 1. The topological polar surface area (TPSA) is 51.2 Å². The molecule has 2 aromatic rings. The Labute approximate surface area is 110 Å². The summed E-state index contributed by atoms with van der Waals surface area (Å²) in [5.41, 5.74) is 0.480. The number of nitrogens with zero attached hydrogens (tertiary/aromatic N) is 1. The van der Waals surface area contributed by atoms with E-state index in [9.17, 15) is 9.18 Å². The number of amides is 1. The Morgan fingerprint density at radius 3 is 2.74 bits per heavy atom. The van der Waals surface area contributed by atoms with Crippen LogP contribution in [0.15, 0.2) is 42.6 Å². The fraction of sp³-hybridized carbons (Fsp3) is 0.143. The molecule has 1 amide bonds. The minimum absolute atomic E-state index is 0.00335. The average Bonchev–Trinajstić information content (AvgIpc) is 2.42. The van der Waals surface area contributed by atoms with Gasteiger partial charge < -0.3 is 10.1 Å². The van der Waals surface area contributed by atoms with Gasteiger partial charge in [-0.2, -0.15) is 0 Å². The van der Waals surface area contributed by atoms with E-state index in [0.717, 1.165) is 0 Å². The number of halogens is 1. The Bertz CT molecular complexity index is 570. The Kier molecular flexibility index (Phi) is 4.07. The van der Waals surface area contributed by atoms with Gasteiger partial charge in [-0.1, -0.05) is 12.1 Å². The molecule has 0 unspecified atom stereocenters. The Balaban J connectivity index is 2.09. The van der Waals surface area contributed by atoms with Gasteiger partial charge >= 0.3 is 0 Å². The second-order valence-electron chi connectivity index (χ2n) is 3.75. The van der Waals surface area contributed by atoms with E-state index in [-0.39, 0.29) is 5.56 Å². The maximum atomic E-state index is 13.4. The number of hydrogen-bond acceptors (Lipinski definition) is 3. The van der Waals surface area contributed by atoms with Crippen molar-refractivity contribution in [2.75, 3.05) is 11.9 Å². The maximum Gasteiger partial charge on any atom is 0.258 e. The lowest BCUT2D eigenvalue weighted by Gasteiger charge is -2.06. The number of benzene rings is 1. The highest BCUT2D eigenvalue weighted by Crippen LogP contribution is 2.14. The quantitative estimate of drug-likeness (QED) is 0.919. The van der Waals surface area contributed by atoms with Crippen molar-refractivity contribution in [2.45, 2.75) is 6.92 Å². The van der Waals surface area contributed by atoms with Crippen LogP contribution in [0.3, 0.4) is 0 Å². The third-order valence-corrected chi connectivity index (χ3v) is 2.40. The first-order chi connectivity index (χ1) is 9.20. The van der Waals surface area contributed by atoms with Crippen LogP contribution in [0.2, 0.25) is 0 Å². The first-order valence-corrected chi connectivity index (χ1v) is 5.85. The van der Waals surface area contributed by atoms with Crippen LogP contribution in [0.1, 0.15) is 17.3 Å². The number of nitrogens with one attached hydrogen (secondary N) is 1. The first kappa shape index (κ1) is 13.0. The van der Waals surface area contributed by atoms with Crippen molar-refractivity contribution in [2.24, 2.45) is 0 Å².